The fourth-order valence-electron chi connectivity index (χ4n) is 1.98. The first-order valence-electron chi connectivity index (χ1n) is 6.30. The molecule has 2 rings (SSSR count). The van der Waals surface area contributed by atoms with Gasteiger partial charge in [-0.25, -0.2) is 0 Å². The fraction of sp³-hybridized carbons (Fsp3) is 0.357. The average molecular weight is 279 g/mol. The molecule has 0 spiro atoms. The second kappa shape index (κ2) is 6.08. The maximum Gasteiger partial charge on any atom is 0.0719 e. The maximum atomic E-state index is 6.02. The highest BCUT2D eigenvalue weighted by molar-refractivity contribution is 6.30. The molecule has 1 atom stereocenters. The van der Waals surface area contributed by atoms with Crippen LogP contribution in [0.1, 0.15) is 18.5 Å². The van der Waals surface area contributed by atoms with Gasteiger partial charge in [0.1, 0.15) is 0 Å². The molecule has 1 heterocycles. The van der Waals surface area contributed by atoms with Crippen LogP contribution in [0.5, 0.6) is 0 Å². The van der Waals surface area contributed by atoms with Crippen LogP contribution < -0.4 is 5.73 Å². The molecular weight excluding hydrogens is 260 g/mol. The second-order valence-electron chi connectivity index (χ2n) is 4.75. The number of likely N-dealkylation sites (N-methyl/N-ethyl adjacent to an activating group) is 1. The van der Waals surface area contributed by atoms with Crippen molar-refractivity contribution in [2.45, 2.75) is 19.5 Å². The largest absolute Gasteiger partial charge is 0.396 e. The fourth-order valence-corrected chi connectivity index (χ4v) is 2.18. The molecule has 2 aromatic rings. The number of benzene rings is 1. The molecule has 4 nitrogen and oxygen atoms in total. The summed E-state index contributed by atoms with van der Waals surface area (Å²) in [4.78, 5) is 2.27. The number of nitrogen functional groups attached to an aromatic ring is 1. The Labute approximate surface area is 118 Å². The van der Waals surface area contributed by atoms with E-state index in [0.717, 1.165) is 18.1 Å². The van der Waals surface area contributed by atoms with Crippen LogP contribution >= 0.6 is 11.6 Å². The third kappa shape index (κ3) is 3.72. The van der Waals surface area contributed by atoms with Crippen molar-refractivity contribution in [2.75, 3.05) is 19.3 Å². The van der Waals surface area contributed by atoms with Crippen molar-refractivity contribution in [3.63, 3.8) is 0 Å². The molecule has 0 amide bonds. The van der Waals surface area contributed by atoms with Gasteiger partial charge in [-0.3, -0.25) is 9.58 Å². The summed E-state index contributed by atoms with van der Waals surface area (Å²) < 4.78 is 1.86. The molecule has 0 aliphatic rings. The van der Waals surface area contributed by atoms with Crippen molar-refractivity contribution < 1.29 is 0 Å². The summed E-state index contributed by atoms with van der Waals surface area (Å²) in [6, 6.07) is 8.29. The van der Waals surface area contributed by atoms with Gasteiger partial charge in [0, 0.05) is 23.8 Å². The first-order valence-corrected chi connectivity index (χ1v) is 6.67. The summed E-state index contributed by atoms with van der Waals surface area (Å²) in [6.45, 7) is 3.89. The summed E-state index contributed by atoms with van der Waals surface area (Å²) in [5, 5.41) is 4.95. The number of anilines is 1. The molecule has 0 fully saturated rings. The van der Waals surface area contributed by atoms with E-state index in [0.29, 0.717) is 11.7 Å². The lowest BCUT2D eigenvalue weighted by molar-refractivity contribution is 0.247. The van der Waals surface area contributed by atoms with Crippen LogP contribution in [0.3, 0.4) is 0 Å². The van der Waals surface area contributed by atoms with Crippen LogP contribution in [0.25, 0.3) is 0 Å². The van der Waals surface area contributed by atoms with E-state index in [1.807, 2.05) is 29.1 Å². The van der Waals surface area contributed by atoms with E-state index in [1.165, 1.54) is 5.56 Å². The van der Waals surface area contributed by atoms with Crippen LogP contribution in [-0.4, -0.2) is 28.3 Å². The minimum atomic E-state index is 0.312. The Hall–Kier alpha value is -1.52. The molecule has 0 bridgehead atoms. The summed E-state index contributed by atoms with van der Waals surface area (Å²) in [5.41, 5.74) is 7.56. The Morgan fingerprint density at radius 2 is 2.26 bits per heavy atom. The van der Waals surface area contributed by atoms with E-state index < -0.39 is 0 Å². The normalized spacial score (nSPS) is 12.8. The van der Waals surface area contributed by atoms with Crippen molar-refractivity contribution >= 4 is 17.3 Å². The van der Waals surface area contributed by atoms with Crippen LogP contribution in [0, 0.1) is 0 Å². The molecule has 0 aliphatic carbocycles. The number of aromatic nitrogens is 2. The molecule has 0 aliphatic heterocycles. The minimum absolute atomic E-state index is 0.312. The van der Waals surface area contributed by atoms with Crippen LogP contribution in [0.15, 0.2) is 36.7 Å². The molecule has 0 radical (unpaired) electrons. The summed E-state index contributed by atoms with van der Waals surface area (Å²) in [5.74, 6) is 0. The van der Waals surface area contributed by atoms with E-state index in [2.05, 4.69) is 30.0 Å². The smallest absolute Gasteiger partial charge is 0.0719 e. The highest BCUT2D eigenvalue weighted by Crippen LogP contribution is 2.21. The first-order chi connectivity index (χ1) is 9.06. The highest BCUT2D eigenvalue weighted by Gasteiger charge is 2.11. The molecule has 1 aromatic carbocycles. The molecule has 19 heavy (non-hydrogen) atoms. The number of nitrogens with two attached hydrogens (primary N) is 1. The van der Waals surface area contributed by atoms with Crippen LogP contribution in [-0.2, 0) is 6.54 Å². The van der Waals surface area contributed by atoms with E-state index in [4.69, 9.17) is 17.3 Å². The van der Waals surface area contributed by atoms with E-state index in [1.54, 1.807) is 6.20 Å². The number of rotatable bonds is 5. The zero-order chi connectivity index (χ0) is 13.8. The molecule has 0 saturated carbocycles. The predicted molar refractivity (Wildman–Crippen MR) is 79.1 cm³/mol. The van der Waals surface area contributed by atoms with Crippen molar-refractivity contribution in [1.29, 1.82) is 0 Å². The van der Waals surface area contributed by atoms with Gasteiger partial charge in [0.15, 0.2) is 0 Å². The second-order valence-corrected chi connectivity index (χ2v) is 5.18. The molecule has 1 aromatic heterocycles. The van der Waals surface area contributed by atoms with Crippen molar-refractivity contribution in [3.05, 3.63) is 47.2 Å². The van der Waals surface area contributed by atoms with E-state index >= 15 is 0 Å². The van der Waals surface area contributed by atoms with Gasteiger partial charge < -0.3 is 5.73 Å². The number of nitrogens with zero attached hydrogens (tertiary/aromatic N) is 3. The molecule has 2 N–H and O–H groups in total. The molecular formula is C14H19ClN4. The van der Waals surface area contributed by atoms with Gasteiger partial charge in [0.2, 0.25) is 0 Å². The van der Waals surface area contributed by atoms with Crippen molar-refractivity contribution in [1.82, 2.24) is 14.7 Å². The third-order valence-electron chi connectivity index (χ3n) is 3.33. The topological polar surface area (TPSA) is 47.1 Å². The minimum Gasteiger partial charge on any atom is -0.396 e. The zero-order valence-corrected chi connectivity index (χ0v) is 12.0. The maximum absolute atomic E-state index is 6.02. The molecule has 102 valence electrons. The average Bonchev–Trinajstić information content (AvgIpc) is 2.81. The summed E-state index contributed by atoms with van der Waals surface area (Å²) >= 11 is 6.02. The number of halogens is 1. The standard InChI is InChI=1S/C14H19ClN4/c1-11(12-4-3-5-13(15)8-12)18(2)6-7-19-10-14(16)9-17-19/h3-5,8-11H,6-7,16H2,1-2H3. The monoisotopic (exact) mass is 278 g/mol. The zero-order valence-electron chi connectivity index (χ0n) is 11.3. The number of hydrogen-bond acceptors (Lipinski definition) is 3. The summed E-state index contributed by atoms with van der Waals surface area (Å²) in [6.07, 6.45) is 3.51. The first kappa shape index (κ1) is 13.9. The Balaban J connectivity index is 1.94. The Kier molecular flexibility index (Phi) is 4.45. The number of hydrogen-bond donors (Lipinski definition) is 1. The van der Waals surface area contributed by atoms with Gasteiger partial charge in [-0.1, -0.05) is 23.7 Å². The van der Waals surface area contributed by atoms with Gasteiger partial charge in [-0.2, -0.15) is 5.10 Å². The molecule has 0 saturated heterocycles. The van der Waals surface area contributed by atoms with Crippen molar-refractivity contribution in [2.24, 2.45) is 0 Å². The lowest BCUT2D eigenvalue weighted by Crippen LogP contribution is -2.26. The third-order valence-corrected chi connectivity index (χ3v) is 3.56. The van der Waals surface area contributed by atoms with Crippen LogP contribution in [0.4, 0.5) is 5.69 Å². The Morgan fingerprint density at radius 1 is 1.47 bits per heavy atom. The lowest BCUT2D eigenvalue weighted by atomic mass is 10.1. The van der Waals surface area contributed by atoms with E-state index in [-0.39, 0.29) is 0 Å². The Bertz CT molecular complexity index is 538. The van der Waals surface area contributed by atoms with Crippen LogP contribution in [0.2, 0.25) is 5.02 Å². The molecule has 5 heteroatoms. The lowest BCUT2D eigenvalue weighted by Gasteiger charge is -2.25. The van der Waals surface area contributed by atoms with Gasteiger partial charge in [0.05, 0.1) is 18.4 Å². The van der Waals surface area contributed by atoms with Gasteiger partial charge in [-0.15, -0.1) is 0 Å². The quantitative estimate of drug-likeness (QED) is 0.915. The van der Waals surface area contributed by atoms with Gasteiger partial charge in [0.25, 0.3) is 0 Å². The van der Waals surface area contributed by atoms with Crippen molar-refractivity contribution in [3.8, 4) is 0 Å². The molecule has 1 unspecified atom stereocenters. The summed E-state index contributed by atoms with van der Waals surface area (Å²) in [7, 11) is 2.10. The Morgan fingerprint density at radius 3 is 2.89 bits per heavy atom. The van der Waals surface area contributed by atoms with Gasteiger partial charge >= 0.3 is 0 Å². The van der Waals surface area contributed by atoms with Gasteiger partial charge in [-0.05, 0) is 31.7 Å². The van der Waals surface area contributed by atoms with E-state index in [9.17, 15) is 0 Å². The highest BCUT2D eigenvalue weighted by atomic mass is 35.5. The predicted octanol–water partition coefficient (Wildman–Crippen LogP) is 2.81. The SMILES string of the molecule is CC(c1cccc(Cl)c1)N(C)CCn1cc(N)cn1.